The van der Waals surface area contributed by atoms with Crippen molar-refractivity contribution in [1.82, 2.24) is 19.8 Å². The highest BCUT2D eigenvalue weighted by atomic mass is 19.4. The quantitative estimate of drug-likeness (QED) is 0.514. The zero-order valence-electron chi connectivity index (χ0n) is 21.5. The number of nitrogens with zero attached hydrogens (tertiary/aromatic N) is 5. The highest BCUT2D eigenvalue weighted by molar-refractivity contribution is 5.78. The van der Waals surface area contributed by atoms with Crippen molar-refractivity contribution in [2.45, 2.75) is 51.8 Å². The van der Waals surface area contributed by atoms with Crippen molar-refractivity contribution in [3.8, 4) is 0 Å². The molecule has 0 aliphatic carbocycles. The van der Waals surface area contributed by atoms with Gasteiger partial charge in [-0.2, -0.15) is 13.2 Å². The molecule has 7 nitrogen and oxygen atoms in total. The van der Waals surface area contributed by atoms with Crippen LogP contribution in [-0.4, -0.2) is 50.4 Å². The number of aromatic nitrogens is 2. The molecule has 0 radical (unpaired) electrons. The molecule has 0 bridgehead atoms. The van der Waals surface area contributed by atoms with E-state index in [1.807, 2.05) is 28.0 Å². The average molecular weight is 538 g/mol. The maximum atomic E-state index is 13.2. The summed E-state index contributed by atoms with van der Waals surface area (Å²) in [6.45, 7) is 4.35. The fourth-order valence-corrected chi connectivity index (χ4v) is 5.97. The van der Waals surface area contributed by atoms with E-state index < -0.39 is 11.9 Å². The smallest absolute Gasteiger partial charge is 0.390 e. The number of aliphatic hydroxyl groups is 1. The molecule has 10 heteroatoms. The summed E-state index contributed by atoms with van der Waals surface area (Å²) in [5.74, 6) is 0.111. The number of carbonyl (C=O) groups excluding carboxylic acids is 1. The Bertz CT molecular complexity index is 1380. The number of fused-ring (bicyclic) bond motifs is 3. The van der Waals surface area contributed by atoms with Gasteiger partial charge in [-0.15, -0.1) is 0 Å². The van der Waals surface area contributed by atoms with Crippen LogP contribution in [-0.2, 0) is 50.2 Å². The Morgan fingerprint density at radius 3 is 2.56 bits per heavy atom. The molecule has 6 rings (SSSR count). The Morgan fingerprint density at radius 2 is 1.82 bits per heavy atom. The van der Waals surface area contributed by atoms with E-state index in [0.29, 0.717) is 44.0 Å². The number of rotatable bonds is 6. The molecule has 1 amide bonds. The highest BCUT2D eigenvalue weighted by Crippen LogP contribution is 2.35. The number of hydrogen-bond donors (Lipinski definition) is 1. The standard InChI is InChI=1S/C29H30F3N5O2/c30-29(31,32)27-11-21(6-8-33-27)36-13-20(14-36)10-28(39)37-16-24-23-15-35(12-19-4-2-1-3-5-19)9-7-22(23)26(18-38)34-25(24)17-37/h1-6,8,11,20,38H,7,9-10,12-18H2. The van der Waals surface area contributed by atoms with E-state index in [2.05, 4.69) is 22.0 Å². The predicted molar refractivity (Wildman–Crippen MR) is 138 cm³/mol. The van der Waals surface area contributed by atoms with Gasteiger partial charge < -0.3 is 14.9 Å². The SMILES string of the molecule is O=C(CC1CN(c2ccnc(C(F)(F)F)c2)C1)N1Cc2nc(CO)c3c(c2C1)CN(Cc1ccccc1)CC3. The summed E-state index contributed by atoms with van der Waals surface area (Å²) in [6.07, 6.45) is -2.15. The van der Waals surface area contributed by atoms with Crippen LogP contribution in [0.5, 0.6) is 0 Å². The van der Waals surface area contributed by atoms with Gasteiger partial charge in [0.1, 0.15) is 5.69 Å². The lowest BCUT2D eigenvalue weighted by Gasteiger charge is -2.41. The number of aliphatic hydroxyl groups excluding tert-OH is 1. The number of halogens is 3. The van der Waals surface area contributed by atoms with Gasteiger partial charge in [0.15, 0.2) is 0 Å². The lowest BCUT2D eigenvalue weighted by Crippen LogP contribution is -2.48. The number of benzene rings is 1. The number of carbonyl (C=O) groups is 1. The summed E-state index contributed by atoms with van der Waals surface area (Å²) in [5, 5.41) is 10.0. The number of hydrogen-bond acceptors (Lipinski definition) is 6. The zero-order chi connectivity index (χ0) is 27.1. The van der Waals surface area contributed by atoms with Gasteiger partial charge >= 0.3 is 6.18 Å². The van der Waals surface area contributed by atoms with Gasteiger partial charge in [0, 0.05) is 63.5 Å². The van der Waals surface area contributed by atoms with Crippen LogP contribution < -0.4 is 4.90 Å². The average Bonchev–Trinajstić information content (AvgIpc) is 3.35. The second-order valence-corrected chi connectivity index (χ2v) is 10.7. The maximum absolute atomic E-state index is 13.2. The molecule has 0 atom stereocenters. The van der Waals surface area contributed by atoms with Crippen molar-refractivity contribution in [1.29, 1.82) is 0 Å². The molecule has 204 valence electrons. The second-order valence-electron chi connectivity index (χ2n) is 10.7. The van der Waals surface area contributed by atoms with Crippen LogP contribution in [0.1, 0.15) is 45.8 Å². The Morgan fingerprint density at radius 1 is 1.03 bits per heavy atom. The zero-order valence-corrected chi connectivity index (χ0v) is 21.5. The van der Waals surface area contributed by atoms with Crippen LogP contribution in [0.25, 0.3) is 0 Å². The first-order chi connectivity index (χ1) is 18.8. The summed E-state index contributed by atoms with van der Waals surface area (Å²) >= 11 is 0. The van der Waals surface area contributed by atoms with Gasteiger partial charge in [-0.3, -0.25) is 19.7 Å². The van der Waals surface area contributed by atoms with Gasteiger partial charge in [-0.1, -0.05) is 30.3 Å². The van der Waals surface area contributed by atoms with Crippen LogP contribution in [0.4, 0.5) is 18.9 Å². The fourth-order valence-electron chi connectivity index (χ4n) is 5.97. The fraction of sp³-hybridized carbons (Fsp3) is 0.414. The van der Waals surface area contributed by atoms with Crippen LogP contribution >= 0.6 is 0 Å². The molecule has 3 aromatic rings. The van der Waals surface area contributed by atoms with Crippen molar-refractivity contribution in [2.75, 3.05) is 24.5 Å². The summed E-state index contributed by atoms with van der Waals surface area (Å²) in [5.41, 5.74) is 5.79. The maximum Gasteiger partial charge on any atom is 0.433 e. The van der Waals surface area contributed by atoms with E-state index in [-0.39, 0.29) is 18.4 Å². The van der Waals surface area contributed by atoms with Crippen molar-refractivity contribution >= 4 is 11.6 Å². The Kier molecular flexibility index (Phi) is 6.76. The summed E-state index contributed by atoms with van der Waals surface area (Å²) < 4.78 is 39.0. The predicted octanol–water partition coefficient (Wildman–Crippen LogP) is 3.91. The third-order valence-corrected chi connectivity index (χ3v) is 8.02. The van der Waals surface area contributed by atoms with Gasteiger partial charge in [0.05, 0.1) is 24.5 Å². The molecule has 5 heterocycles. The Balaban J connectivity index is 1.10. The van der Waals surface area contributed by atoms with Crippen molar-refractivity contribution in [2.24, 2.45) is 5.92 Å². The molecule has 39 heavy (non-hydrogen) atoms. The molecular formula is C29H30F3N5O2. The molecule has 1 saturated heterocycles. The topological polar surface area (TPSA) is 72.8 Å². The molecule has 0 unspecified atom stereocenters. The van der Waals surface area contributed by atoms with Crippen molar-refractivity contribution < 1.29 is 23.1 Å². The third kappa shape index (κ3) is 5.23. The summed E-state index contributed by atoms with van der Waals surface area (Å²) in [7, 11) is 0. The van der Waals surface area contributed by atoms with E-state index in [1.165, 1.54) is 17.3 Å². The Hall–Kier alpha value is -3.50. The molecule has 2 aromatic heterocycles. The van der Waals surface area contributed by atoms with E-state index in [9.17, 15) is 23.1 Å². The molecule has 3 aliphatic heterocycles. The van der Waals surface area contributed by atoms with Gasteiger partial charge in [0.25, 0.3) is 0 Å². The van der Waals surface area contributed by atoms with Crippen LogP contribution in [0.3, 0.4) is 0 Å². The minimum absolute atomic E-state index is 0.0274. The lowest BCUT2D eigenvalue weighted by atomic mass is 9.93. The summed E-state index contributed by atoms with van der Waals surface area (Å²) in [4.78, 5) is 27.5. The van der Waals surface area contributed by atoms with E-state index in [4.69, 9.17) is 4.98 Å². The van der Waals surface area contributed by atoms with Gasteiger partial charge in [-0.05, 0) is 40.8 Å². The molecule has 0 spiro atoms. The monoisotopic (exact) mass is 537 g/mol. The summed E-state index contributed by atoms with van der Waals surface area (Å²) in [6, 6.07) is 13.0. The number of anilines is 1. The molecule has 3 aliphatic rings. The van der Waals surface area contributed by atoms with Crippen LogP contribution in [0.2, 0.25) is 0 Å². The van der Waals surface area contributed by atoms with Crippen molar-refractivity contribution in [3.05, 3.63) is 88.0 Å². The molecule has 1 N–H and O–H groups in total. The van der Waals surface area contributed by atoms with Crippen LogP contribution in [0, 0.1) is 5.92 Å². The first-order valence-electron chi connectivity index (χ1n) is 13.2. The first kappa shape index (κ1) is 25.8. The third-order valence-electron chi connectivity index (χ3n) is 8.02. The van der Waals surface area contributed by atoms with E-state index >= 15 is 0 Å². The molecule has 1 aromatic carbocycles. The number of pyridine rings is 2. The van der Waals surface area contributed by atoms with Gasteiger partial charge in [-0.25, -0.2) is 0 Å². The number of amides is 1. The van der Waals surface area contributed by atoms with E-state index in [0.717, 1.165) is 48.9 Å². The Labute approximate surface area is 224 Å². The second kappa shape index (κ2) is 10.2. The minimum Gasteiger partial charge on any atom is -0.390 e. The lowest BCUT2D eigenvalue weighted by molar-refractivity contribution is -0.141. The van der Waals surface area contributed by atoms with Crippen LogP contribution in [0.15, 0.2) is 48.7 Å². The molecule has 1 fully saturated rings. The normalized spacial score (nSPS) is 17.6. The number of alkyl halides is 3. The molecular weight excluding hydrogens is 507 g/mol. The molecule has 0 saturated carbocycles. The van der Waals surface area contributed by atoms with Crippen molar-refractivity contribution in [3.63, 3.8) is 0 Å². The highest BCUT2D eigenvalue weighted by Gasteiger charge is 2.37. The minimum atomic E-state index is -4.48. The van der Waals surface area contributed by atoms with Gasteiger partial charge in [0.2, 0.25) is 5.91 Å². The van der Waals surface area contributed by atoms with E-state index in [1.54, 1.807) is 6.07 Å². The first-order valence-corrected chi connectivity index (χ1v) is 13.2. The largest absolute Gasteiger partial charge is 0.433 e.